The number of amides is 2. The summed E-state index contributed by atoms with van der Waals surface area (Å²) in [4.78, 5) is 28.8. The van der Waals surface area contributed by atoms with E-state index in [1.54, 1.807) is 4.90 Å². The highest BCUT2D eigenvalue weighted by molar-refractivity contribution is 5.72. The Morgan fingerprint density at radius 2 is 1.56 bits per heavy atom. The third-order valence-electron chi connectivity index (χ3n) is 4.37. The van der Waals surface area contributed by atoms with Crippen LogP contribution in [0, 0.1) is 0 Å². The first-order valence-electron chi connectivity index (χ1n) is 9.11. The van der Waals surface area contributed by atoms with Crippen molar-refractivity contribution in [3.8, 4) is 0 Å². The number of carbonyl (C=O) groups is 2. The van der Waals surface area contributed by atoms with Gasteiger partial charge < -0.3 is 19.7 Å². The van der Waals surface area contributed by atoms with Crippen LogP contribution in [0.25, 0.3) is 0 Å². The van der Waals surface area contributed by atoms with E-state index in [2.05, 4.69) is 5.32 Å². The Hall–Kier alpha value is -1.50. The zero-order valence-electron chi connectivity index (χ0n) is 16.5. The summed E-state index contributed by atoms with van der Waals surface area (Å²) in [5, 5.41) is 3.37. The van der Waals surface area contributed by atoms with Crippen molar-refractivity contribution < 1.29 is 19.1 Å². The Morgan fingerprint density at radius 1 is 0.960 bits per heavy atom. The normalized spacial score (nSPS) is 25.0. The minimum Gasteiger partial charge on any atom is -0.444 e. The van der Waals surface area contributed by atoms with Gasteiger partial charge in [-0.3, -0.25) is 4.90 Å². The Labute approximate surface area is 151 Å². The van der Waals surface area contributed by atoms with E-state index < -0.39 is 16.7 Å². The quantitative estimate of drug-likeness (QED) is 0.723. The smallest absolute Gasteiger partial charge is 0.410 e. The van der Waals surface area contributed by atoms with Crippen LogP contribution >= 0.6 is 0 Å². The van der Waals surface area contributed by atoms with Crippen LogP contribution < -0.4 is 5.32 Å². The predicted molar refractivity (Wildman–Crippen MR) is 95.6 cm³/mol. The lowest BCUT2D eigenvalue weighted by atomic mass is 9.86. The van der Waals surface area contributed by atoms with E-state index in [0.717, 1.165) is 19.4 Å². The van der Waals surface area contributed by atoms with Gasteiger partial charge in [-0.1, -0.05) is 0 Å². The van der Waals surface area contributed by atoms with Crippen LogP contribution in [0.2, 0.25) is 0 Å². The lowest BCUT2D eigenvalue weighted by Gasteiger charge is -2.52. The first-order chi connectivity index (χ1) is 11.4. The third kappa shape index (κ3) is 5.23. The van der Waals surface area contributed by atoms with Gasteiger partial charge in [0.05, 0.1) is 5.54 Å². The average Bonchev–Trinajstić information content (AvgIpc) is 2.44. The first kappa shape index (κ1) is 19.8. The summed E-state index contributed by atoms with van der Waals surface area (Å²) >= 11 is 0. The molecule has 2 aliphatic rings. The number of nitrogens with zero attached hydrogens (tertiary/aromatic N) is 2. The molecule has 0 aromatic rings. The summed E-state index contributed by atoms with van der Waals surface area (Å²) in [6.45, 7) is 14.1. The van der Waals surface area contributed by atoms with Crippen molar-refractivity contribution >= 4 is 12.2 Å². The van der Waals surface area contributed by atoms with Gasteiger partial charge in [-0.25, -0.2) is 9.59 Å². The lowest BCUT2D eigenvalue weighted by Crippen LogP contribution is -2.70. The van der Waals surface area contributed by atoms with E-state index in [9.17, 15) is 9.59 Å². The van der Waals surface area contributed by atoms with Gasteiger partial charge in [0, 0.05) is 26.2 Å². The molecule has 0 aromatic heterocycles. The molecule has 2 rings (SSSR count). The molecule has 0 unspecified atom stereocenters. The Bertz CT molecular complexity index is 501. The molecule has 7 heteroatoms. The van der Waals surface area contributed by atoms with Crippen molar-refractivity contribution in [2.75, 3.05) is 32.7 Å². The van der Waals surface area contributed by atoms with Crippen LogP contribution in [-0.2, 0) is 9.47 Å². The number of nitrogens with one attached hydrogen (secondary N) is 1. The van der Waals surface area contributed by atoms with Gasteiger partial charge >= 0.3 is 12.2 Å². The molecule has 2 aliphatic heterocycles. The highest BCUT2D eigenvalue weighted by Gasteiger charge is 2.47. The van der Waals surface area contributed by atoms with Crippen molar-refractivity contribution in [3.63, 3.8) is 0 Å². The lowest BCUT2D eigenvalue weighted by molar-refractivity contribution is -0.0491. The zero-order chi connectivity index (χ0) is 18.9. The van der Waals surface area contributed by atoms with Crippen molar-refractivity contribution in [3.05, 3.63) is 0 Å². The van der Waals surface area contributed by atoms with Crippen LogP contribution in [0.15, 0.2) is 0 Å². The molecule has 1 atom stereocenters. The summed E-state index contributed by atoms with van der Waals surface area (Å²) < 4.78 is 11.1. The molecule has 1 spiro atoms. The molecule has 144 valence electrons. The maximum absolute atomic E-state index is 12.7. The second-order valence-corrected chi connectivity index (χ2v) is 9.04. The fourth-order valence-corrected chi connectivity index (χ4v) is 3.38. The molecule has 2 amide bonds. The number of carbonyl (C=O) groups excluding carboxylic acids is 2. The summed E-state index contributed by atoms with van der Waals surface area (Å²) in [5.41, 5.74) is -1.50. The van der Waals surface area contributed by atoms with Gasteiger partial charge in [0.25, 0.3) is 0 Å². The van der Waals surface area contributed by atoms with Crippen molar-refractivity contribution in [2.45, 2.75) is 71.1 Å². The second kappa shape index (κ2) is 7.02. The minimum absolute atomic E-state index is 0.306. The Balaban J connectivity index is 2.16. The summed E-state index contributed by atoms with van der Waals surface area (Å²) in [6.07, 6.45) is 1.18. The maximum Gasteiger partial charge on any atom is 0.410 e. The fraction of sp³-hybridized carbons (Fsp3) is 0.889. The number of rotatable bonds is 0. The Morgan fingerprint density at radius 3 is 2.08 bits per heavy atom. The number of hydrogen-bond donors (Lipinski definition) is 1. The molecular weight excluding hydrogens is 322 g/mol. The van der Waals surface area contributed by atoms with Gasteiger partial charge in [-0.2, -0.15) is 0 Å². The van der Waals surface area contributed by atoms with Crippen LogP contribution in [0.5, 0.6) is 0 Å². The molecule has 0 aromatic carbocycles. The molecule has 7 nitrogen and oxygen atoms in total. The van der Waals surface area contributed by atoms with E-state index in [1.807, 2.05) is 46.4 Å². The van der Waals surface area contributed by atoms with E-state index >= 15 is 0 Å². The predicted octanol–water partition coefficient (Wildman–Crippen LogP) is 2.60. The van der Waals surface area contributed by atoms with Gasteiger partial charge in [-0.05, 0) is 60.9 Å². The van der Waals surface area contributed by atoms with Crippen LogP contribution in [0.1, 0.15) is 54.4 Å². The highest BCUT2D eigenvalue weighted by Crippen LogP contribution is 2.31. The molecule has 0 bridgehead atoms. The Kier molecular flexibility index (Phi) is 5.56. The number of ether oxygens (including phenoxy) is 2. The van der Waals surface area contributed by atoms with Crippen molar-refractivity contribution in [1.82, 2.24) is 15.1 Å². The summed E-state index contributed by atoms with van der Waals surface area (Å²) in [6, 6.07) is 0. The molecule has 0 radical (unpaired) electrons. The van der Waals surface area contributed by atoms with Crippen LogP contribution in [0.3, 0.4) is 0 Å². The standard InChI is InChI=1S/C18H33N3O4/c1-16(2,3)24-14(22)20-10-11-21(15(23)25-17(4,5)6)18(13-20)8-7-9-19-12-18/h19H,7-13H2,1-6H3/t18-/m0/s1. The monoisotopic (exact) mass is 355 g/mol. The molecule has 2 saturated heterocycles. The van der Waals surface area contributed by atoms with Gasteiger partial charge in [0.15, 0.2) is 0 Å². The van der Waals surface area contributed by atoms with Crippen LogP contribution in [-0.4, -0.2) is 71.5 Å². The fourth-order valence-electron chi connectivity index (χ4n) is 3.38. The van der Waals surface area contributed by atoms with Gasteiger partial charge in [0.2, 0.25) is 0 Å². The largest absolute Gasteiger partial charge is 0.444 e. The topological polar surface area (TPSA) is 71.1 Å². The minimum atomic E-state index is -0.539. The molecular formula is C18H33N3O4. The van der Waals surface area contributed by atoms with Gasteiger partial charge in [0.1, 0.15) is 11.2 Å². The van der Waals surface area contributed by atoms with Crippen LogP contribution in [0.4, 0.5) is 9.59 Å². The summed E-state index contributed by atoms with van der Waals surface area (Å²) in [7, 11) is 0. The molecule has 1 N–H and O–H groups in total. The van der Waals surface area contributed by atoms with E-state index in [1.165, 1.54) is 0 Å². The first-order valence-corrected chi connectivity index (χ1v) is 9.11. The van der Waals surface area contributed by atoms with E-state index in [4.69, 9.17) is 9.47 Å². The maximum atomic E-state index is 12.7. The molecule has 25 heavy (non-hydrogen) atoms. The van der Waals surface area contributed by atoms with Crippen molar-refractivity contribution in [2.24, 2.45) is 0 Å². The number of hydrogen-bond acceptors (Lipinski definition) is 5. The molecule has 0 aliphatic carbocycles. The summed E-state index contributed by atoms with van der Waals surface area (Å²) in [5.74, 6) is 0. The molecule has 2 fully saturated rings. The average molecular weight is 355 g/mol. The number of piperidine rings is 1. The molecule has 0 saturated carbocycles. The highest BCUT2D eigenvalue weighted by atomic mass is 16.6. The zero-order valence-corrected chi connectivity index (χ0v) is 16.5. The second-order valence-electron chi connectivity index (χ2n) is 9.04. The molecule has 2 heterocycles. The van der Waals surface area contributed by atoms with E-state index in [0.29, 0.717) is 26.2 Å². The number of piperazine rings is 1. The van der Waals surface area contributed by atoms with Gasteiger partial charge in [-0.15, -0.1) is 0 Å². The van der Waals surface area contributed by atoms with Crippen molar-refractivity contribution in [1.29, 1.82) is 0 Å². The SMILES string of the molecule is CC(C)(C)OC(=O)N1CCN(C(=O)OC(C)(C)C)[C@]2(CCCNC2)C1. The van der Waals surface area contributed by atoms with E-state index in [-0.39, 0.29) is 12.2 Å². The third-order valence-corrected chi connectivity index (χ3v) is 4.37.